The van der Waals surface area contributed by atoms with E-state index >= 15 is 0 Å². The van der Waals surface area contributed by atoms with E-state index in [9.17, 15) is 0 Å². The summed E-state index contributed by atoms with van der Waals surface area (Å²) in [5, 5.41) is 3.23. The average molecular weight is 234 g/mol. The van der Waals surface area contributed by atoms with Crippen molar-refractivity contribution in [2.24, 2.45) is 5.92 Å². The molecule has 0 radical (unpaired) electrons. The smallest absolute Gasteiger partial charge is 0.134 e. The van der Waals surface area contributed by atoms with Crippen LogP contribution < -0.4 is 10.2 Å². The third kappa shape index (κ3) is 3.32. The van der Waals surface area contributed by atoms with Gasteiger partial charge in [-0.2, -0.15) is 0 Å². The van der Waals surface area contributed by atoms with Gasteiger partial charge in [-0.25, -0.2) is 9.97 Å². The molecule has 1 fully saturated rings. The number of hydrogen-bond acceptors (Lipinski definition) is 4. The van der Waals surface area contributed by atoms with Gasteiger partial charge in [0.25, 0.3) is 0 Å². The summed E-state index contributed by atoms with van der Waals surface area (Å²) >= 11 is 0. The van der Waals surface area contributed by atoms with Gasteiger partial charge >= 0.3 is 0 Å². The van der Waals surface area contributed by atoms with Gasteiger partial charge in [0.2, 0.25) is 0 Å². The molecule has 0 aromatic carbocycles. The molecule has 1 aliphatic heterocycles. The molecule has 1 saturated heterocycles. The van der Waals surface area contributed by atoms with E-state index in [1.54, 1.807) is 6.33 Å². The monoisotopic (exact) mass is 234 g/mol. The maximum Gasteiger partial charge on any atom is 0.134 e. The molecule has 4 heteroatoms. The van der Waals surface area contributed by atoms with Crippen molar-refractivity contribution >= 4 is 11.6 Å². The molecule has 2 heterocycles. The first-order valence-corrected chi connectivity index (χ1v) is 6.60. The Labute approximate surface area is 103 Å². The molecule has 2 rings (SSSR count). The highest BCUT2D eigenvalue weighted by Crippen LogP contribution is 2.21. The summed E-state index contributed by atoms with van der Waals surface area (Å²) in [5.74, 6) is 2.83. The molecule has 0 spiro atoms. The van der Waals surface area contributed by atoms with Crippen molar-refractivity contribution in [2.45, 2.75) is 33.1 Å². The van der Waals surface area contributed by atoms with Crippen molar-refractivity contribution in [3.05, 3.63) is 12.4 Å². The summed E-state index contributed by atoms with van der Waals surface area (Å²) in [6, 6.07) is 2.06. The molecule has 1 aromatic heterocycles. The predicted octanol–water partition coefficient (Wildman–Crippen LogP) is 2.53. The van der Waals surface area contributed by atoms with E-state index < -0.39 is 0 Å². The zero-order valence-corrected chi connectivity index (χ0v) is 10.8. The lowest BCUT2D eigenvalue weighted by atomic mass is 10.0. The van der Waals surface area contributed by atoms with Crippen LogP contribution in [0, 0.1) is 5.92 Å². The molecule has 1 aliphatic rings. The van der Waals surface area contributed by atoms with E-state index in [0.717, 1.165) is 37.2 Å². The van der Waals surface area contributed by atoms with Crippen LogP contribution in [0.25, 0.3) is 0 Å². The molecule has 17 heavy (non-hydrogen) atoms. The highest BCUT2D eigenvalue weighted by atomic mass is 15.2. The molecule has 1 atom stereocenters. The van der Waals surface area contributed by atoms with Crippen LogP contribution >= 0.6 is 0 Å². The van der Waals surface area contributed by atoms with Crippen LogP contribution in [0.15, 0.2) is 12.4 Å². The van der Waals surface area contributed by atoms with Crippen LogP contribution in [0.2, 0.25) is 0 Å². The minimum atomic E-state index is 0.843. The van der Waals surface area contributed by atoms with Crippen molar-refractivity contribution < 1.29 is 0 Å². The van der Waals surface area contributed by atoms with E-state index in [0.29, 0.717) is 0 Å². The Morgan fingerprint density at radius 1 is 1.35 bits per heavy atom. The number of nitrogens with one attached hydrogen (secondary N) is 1. The van der Waals surface area contributed by atoms with E-state index in [1.165, 1.54) is 19.3 Å². The number of aromatic nitrogens is 2. The van der Waals surface area contributed by atoms with E-state index in [2.05, 4.69) is 40.1 Å². The Kier molecular flexibility index (Phi) is 4.18. The number of nitrogens with zero attached hydrogens (tertiary/aromatic N) is 3. The van der Waals surface area contributed by atoms with Crippen molar-refractivity contribution in [3.63, 3.8) is 0 Å². The second-order valence-corrected chi connectivity index (χ2v) is 4.81. The van der Waals surface area contributed by atoms with Crippen molar-refractivity contribution in [2.75, 3.05) is 29.9 Å². The second kappa shape index (κ2) is 5.84. The summed E-state index contributed by atoms with van der Waals surface area (Å²) in [6.45, 7) is 7.55. The minimum Gasteiger partial charge on any atom is -0.370 e. The van der Waals surface area contributed by atoms with Crippen molar-refractivity contribution in [3.8, 4) is 0 Å². The zero-order chi connectivity index (χ0) is 12.1. The Morgan fingerprint density at radius 3 is 3.06 bits per heavy atom. The molecule has 0 saturated carbocycles. The fourth-order valence-electron chi connectivity index (χ4n) is 2.29. The van der Waals surface area contributed by atoms with Crippen molar-refractivity contribution in [1.82, 2.24) is 9.97 Å². The second-order valence-electron chi connectivity index (χ2n) is 4.81. The molecule has 1 aromatic rings. The third-order valence-electron chi connectivity index (χ3n) is 3.35. The fourth-order valence-corrected chi connectivity index (χ4v) is 2.29. The highest BCUT2D eigenvalue weighted by Gasteiger charge is 2.15. The Bertz CT molecular complexity index is 353. The lowest BCUT2D eigenvalue weighted by Gasteiger charge is -2.21. The standard InChI is InChI=1S/C13H22N4/c1-3-14-12-9-13(16-10-15-12)17-7-4-5-11(2)6-8-17/h9-11H,3-8H2,1-2H3,(H,14,15,16). The maximum absolute atomic E-state index is 4.39. The maximum atomic E-state index is 4.39. The molecule has 1 unspecified atom stereocenters. The van der Waals surface area contributed by atoms with Crippen LogP contribution in [-0.4, -0.2) is 29.6 Å². The van der Waals surface area contributed by atoms with Gasteiger partial charge in [-0.1, -0.05) is 6.92 Å². The van der Waals surface area contributed by atoms with Gasteiger partial charge < -0.3 is 10.2 Å². The van der Waals surface area contributed by atoms with E-state index in [-0.39, 0.29) is 0 Å². The van der Waals surface area contributed by atoms with Gasteiger partial charge in [0.15, 0.2) is 0 Å². The van der Waals surface area contributed by atoms with Gasteiger partial charge in [-0.05, 0) is 32.1 Å². The third-order valence-corrected chi connectivity index (χ3v) is 3.35. The molecule has 0 bridgehead atoms. The zero-order valence-electron chi connectivity index (χ0n) is 10.8. The predicted molar refractivity (Wildman–Crippen MR) is 71.4 cm³/mol. The Morgan fingerprint density at radius 2 is 2.24 bits per heavy atom. The topological polar surface area (TPSA) is 41.0 Å². The molecule has 1 N–H and O–H groups in total. The van der Waals surface area contributed by atoms with Crippen LogP contribution in [0.3, 0.4) is 0 Å². The molecular formula is C13H22N4. The molecule has 0 aliphatic carbocycles. The summed E-state index contributed by atoms with van der Waals surface area (Å²) in [7, 11) is 0. The molecular weight excluding hydrogens is 212 g/mol. The Balaban J connectivity index is 2.07. The number of rotatable bonds is 3. The van der Waals surface area contributed by atoms with Crippen molar-refractivity contribution in [1.29, 1.82) is 0 Å². The summed E-state index contributed by atoms with van der Waals surface area (Å²) < 4.78 is 0. The minimum absolute atomic E-state index is 0.843. The van der Waals surface area contributed by atoms with Gasteiger partial charge in [0, 0.05) is 25.7 Å². The molecule has 0 amide bonds. The van der Waals surface area contributed by atoms with E-state index in [4.69, 9.17) is 0 Å². The average Bonchev–Trinajstić information content (AvgIpc) is 2.55. The Hall–Kier alpha value is -1.32. The van der Waals surface area contributed by atoms with Crippen LogP contribution in [0.4, 0.5) is 11.6 Å². The summed E-state index contributed by atoms with van der Waals surface area (Å²) in [6.07, 6.45) is 5.52. The van der Waals surface area contributed by atoms with Crippen LogP contribution in [-0.2, 0) is 0 Å². The lowest BCUT2D eigenvalue weighted by Crippen LogP contribution is -2.25. The molecule has 94 valence electrons. The van der Waals surface area contributed by atoms with Crippen LogP contribution in [0.5, 0.6) is 0 Å². The lowest BCUT2D eigenvalue weighted by molar-refractivity contribution is 0.521. The SMILES string of the molecule is CCNc1cc(N2CCCC(C)CC2)ncn1. The van der Waals surface area contributed by atoms with Gasteiger partial charge in [0.05, 0.1) is 0 Å². The van der Waals surface area contributed by atoms with Gasteiger partial charge in [0.1, 0.15) is 18.0 Å². The fraction of sp³-hybridized carbons (Fsp3) is 0.692. The summed E-state index contributed by atoms with van der Waals surface area (Å²) in [5.41, 5.74) is 0. The largest absolute Gasteiger partial charge is 0.370 e. The normalized spacial score (nSPS) is 21.1. The summed E-state index contributed by atoms with van der Waals surface area (Å²) in [4.78, 5) is 11.0. The van der Waals surface area contributed by atoms with E-state index in [1.807, 2.05) is 0 Å². The number of anilines is 2. The highest BCUT2D eigenvalue weighted by molar-refractivity contribution is 5.48. The van der Waals surface area contributed by atoms with Gasteiger partial charge in [-0.3, -0.25) is 0 Å². The molecule has 4 nitrogen and oxygen atoms in total. The van der Waals surface area contributed by atoms with Crippen LogP contribution in [0.1, 0.15) is 33.1 Å². The first-order valence-electron chi connectivity index (χ1n) is 6.60. The quantitative estimate of drug-likeness (QED) is 0.872. The number of hydrogen-bond donors (Lipinski definition) is 1. The first kappa shape index (κ1) is 12.1. The van der Waals surface area contributed by atoms with Gasteiger partial charge in [-0.15, -0.1) is 0 Å². The first-order chi connectivity index (χ1) is 8.29.